The van der Waals surface area contributed by atoms with Crippen molar-refractivity contribution < 1.29 is 9.59 Å². The molecule has 136 valence electrons. The van der Waals surface area contributed by atoms with Gasteiger partial charge in [0.25, 0.3) is 5.91 Å². The summed E-state index contributed by atoms with van der Waals surface area (Å²) in [5.41, 5.74) is 3.34. The van der Waals surface area contributed by atoms with Crippen LogP contribution in [0.15, 0.2) is 36.4 Å². The summed E-state index contributed by atoms with van der Waals surface area (Å²) in [6.07, 6.45) is 1.43. The van der Waals surface area contributed by atoms with E-state index in [1.54, 1.807) is 23.1 Å². The first-order valence-corrected chi connectivity index (χ1v) is 9.26. The zero-order valence-corrected chi connectivity index (χ0v) is 16.2. The largest absolute Gasteiger partial charge is 0.327 e. The molecule has 1 saturated heterocycles. The normalized spacial score (nSPS) is 16.6. The molecule has 1 N–H and O–H groups in total. The average molecular weight is 391 g/mol. The van der Waals surface area contributed by atoms with Crippen molar-refractivity contribution >= 4 is 40.7 Å². The molecule has 0 radical (unpaired) electrons. The Balaban J connectivity index is 1.77. The second-order valence-corrected chi connectivity index (χ2v) is 7.41. The molecule has 1 atom stereocenters. The Bertz CT molecular complexity index is 867. The number of anilines is 1. The Hall–Kier alpha value is -2.04. The van der Waals surface area contributed by atoms with Gasteiger partial charge in [-0.1, -0.05) is 40.9 Å². The van der Waals surface area contributed by atoms with Gasteiger partial charge in [0.1, 0.15) is 6.04 Å². The number of nitrogens with one attached hydrogen (secondary N) is 1. The molecule has 0 aliphatic carbocycles. The number of amides is 2. The van der Waals surface area contributed by atoms with Crippen molar-refractivity contribution in [1.29, 1.82) is 0 Å². The van der Waals surface area contributed by atoms with E-state index in [-0.39, 0.29) is 11.8 Å². The lowest BCUT2D eigenvalue weighted by Gasteiger charge is -2.24. The molecule has 1 heterocycles. The van der Waals surface area contributed by atoms with Crippen LogP contribution in [0.25, 0.3) is 0 Å². The Morgan fingerprint density at radius 2 is 1.85 bits per heavy atom. The molecule has 1 unspecified atom stereocenters. The topological polar surface area (TPSA) is 49.4 Å². The number of hydrogen-bond acceptors (Lipinski definition) is 2. The summed E-state index contributed by atoms with van der Waals surface area (Å²) in [5, 5.41) is 3.68. The van der Waals surface area contributed by atoms with Crippen molar-refractivity contribution in [3.05, 3.63) is 63.1 Å². The van der Waals surface area contributed by atoms with Gasteiger partial charge in [-0.2, -0.15) is 0 Å². The summed E-state index contributed by atoms with van der Waals surface area (Å²) < 4.78 is 0. The molecule has 0 aromatic heterocycles. The zero-order valence-electron chi connectivity index (χ0n) is 14.7. The van der Waals surface area contributed by atoms with E-state index in [1.807, 2.05) is 32.0 Å². The van der Waals surface area contributed by atoms with Gasteiger partial charge in [0.2, 0.25) is 5.91 Å². The van der Waals surface area contributed by atoms with Gasteiger partial charge in [0.15, 0.2) is 0 Å². The fourth-order valence-corrected chi connectivity index (χ4v) is 3.55. The first-order chi connectivity index (χ1) is 12.4. The van der Waals surface area contributed by atoms with Crippen molar-refractivity contribution in [2.75, 3.05) is 11.9 Å². The van der Waals surface area contributed by atoms with Crippen molar-refractivity contribution in [2.24, 2.45) is 0 Å². The molecular formula is C20H20Cl2N2O2. The number of hydrogen-bond donors (Lipinski definition) is 1. The molecule has 6 heteroatoms. The van der Waals surface area contributed by atoms with Crippen LogP contribution in [0, 0.1) is 13.8 Å². The molecule has 0 bridgehead atoms. The van der Waals surface area contributed by atoms with Crippen molar-refractivity contribution in [3.8, 4) is 0 Å². The van der Waals surface area contributed by atoms with Crippen LogP contribution < -0.4 is 5.32 Å². The summed E-state index contributed by atoms with van der Waals surface area (Å²) in [4.78, 5) is 27.2. The first kappa shape index (κ1) is 18.7. The third kappa shape index (κ3) is 3.87. The monoisotopic (exact) mass is 390 g/mol. The standard InChI is InChI=1S/C20H20Cl2N2O2/c1-12-5-8-17(13(2)10-12)23-19(25)18-4-3-9-24(18)20(26)14-6-7-15(21)16(22)11-14/h5-8,10-11,18H,3-4,9H2,1-2H3,(H,23,25). The van der Waals surface area contributed by atoms with E-state index in [1.165, 1.54) is 0 Å². The molecule has 0 spiro atoms. The molecule has 26 heavy (non-hydrogen) atoms. The number of rotatable bonds is 3. The highest BCUT2D eigenvalue weighted by Gasteiger charge is 2.34. The van der Waals surface area contributed by atoms with Gasteiger partial charge < -0.3 is 10.2 Å². The Kier molecular flexibility index (Phi) is 5.54. The molecule has 1 aliphatic rings. The number of likely N-dealkylation sites (tertiary alicyclic amines) is 1. The SMILES string of the molecule is Cc1ccc(NC(=O)C2CCCN2C(=O)c2ccc(Cl)c(Cl)c2)c(C)c1. The minimum Gasteiger partial charge on any atom is -0.327 e. The van der Waals surface area contributed by atoms with Gasteiger partial charge in [-0.05, 0) is 56.5 Å². The maximum atomic E-state index is 12.8. The quantitative estimate of drug-likeness (QED) is 0.813. The molecule has 4 nitrogen and oxygen atoms in total. The summed E-state index contributed by atoms with van der Waals surface area (Å²) in [6, 6.07) is 10.1. The number of aryl methyl sites for hydroxylation is 2. The third-order valence-corrected chi connectivity index (χ3v) is 5.36. The van der Waals surface area contributed by atoms with Crippen LogP contribution in [0.2, 0.25) is 10.0 Å². The van der Waals surface area contributed by atoms with E-state index in [4.69, 9.17) is 23.2 Å². The molecule has 1 fully saturated rings. The highest BCUT2D eigenvalue weighted by atomic mass is 35.5. The van der Waals surface area contributed by atoms with E-state index in [9.17, 15) is 9.59 Å². The Morgan fingerprint density at radius 1 is 1.08 bits per heavy atom. The molecule has 2 aromatic carbocycles. The fourth-order valence-electron chi connectivity index (χ4n) is 3.25. The summed E-state index contributed by atoms with van der Waals surface area (Å²) in [6.45, 7) is 4.51. The minimum absolute atomic E-state index is 0.164. The fraction of sp³-hybridized carbons (Fsp3) is 0.300. The Labute approximate surface area is 163 Å². The van der Waals surface area contributed by atoms with Crippen LogP contribution in [0.3, 0.4) is 0 Å². The number of carbonyl (C=O) groups is 2. The van der Waals surface area contributed by atoms with Crippen LogP contribution in [0.5, 0.6) is 0 Å². The number of nitrogens with zero attached hydrogens (tertiary/aromatic N) is 1. The second-order valence-electron chi connectivity index (χ2n) is 6.59. The lowest BCUT2D eigenvalue weighted by molar-refractivity contribution is -0.119. The van der Waals surface area contributed by atoms with Crippen LogP contribution in [0.4, 0.5) is 5.69 Å². The Morgan fingerprint density at radius 3 is 2.54 bits per heavy atom. The smallest absolute Gasteiger partial charge is 0.254 e. The van der Waals surface area contributed by atoms with Crippen LogP contribution >= 0.6 is 23.2 Å². The van der Waals surface area contributed by atoms with Gasteiger partial charge in [-0.15, -0.1) is 0 Å². The summed E-state index contributed by atoms with van der Waals surface area (Å²) >= 11 is 11.9. The number of carbonyl (C=O) groups excluding carboxylic acids is 2. The van der Waals surface area contributed by atoms with Gasteiger partial charge in [-0.25, -0.2) is 0 Å². The van der Waals surface area contributed by atoms with Crippen molar-refractivity contribution in [3.63, 3.8) is 0 Å². The van der Waals surface area contributed by atoms with Gasteiger partial charge in [0, 0.05) is 17.8 Å². The summed E-state index contributed by atoms with van der Waals surface area (Å²) in [5.74, 6) is -0.371. The molecular weight excluding hydrogens is 371 g/mol. The molecule has 2 aromatic rings. The maximum Gasteiger partial charge on any atom is 0.254 e. The highest BCUT2D eigenvalue weighted by molar-refractivity contribution is 6.42. The van der Waals surface area contributed by atoms with Crippen LogP contribution in [-0.4, -0.2) is 29.3 Å². The van der Waals surface area contributed by atoms with Crippen LogP contribution in [-0.2, 0) is 4.79 Å². The first-order valence-electron chi connectivity index (χ1n) is 8.51. The maximum absolute atomic E-state index is 12.8. The van der Waals surface area contributed by atoms with E-state index in [0.717, 1.165) is 23.2 Å². The molecule has 2 amide bonds. The number of benzene rings is 2. The zero-order chi connectivity index (χ0) is 18.8. The molecule has 1 aliphatic heterocycles. The lowest BCUT2D eigenvalue weighted by Crippen LogP contribution is -2.43. The second kappa shape index (κ2) is 7.68. The summed E-state index contributed by atoms with van der Waals surface area (Å²) in [7, 11) is 0. The average Bonchev–Trinajstić information content (AvgIpc) is 3.09. The highest BCUT2D eigenvalue weighted by Crippen LogP contribution is 2.26. The lowest BCUT2D eigenvalue weighted by atomic mass is 10.1. The van der Waals surface area contributed by atoms with Crippen molar-refractivity contribution in [1.82, 2.24) is 4.90 Å². The predicted molar refractivity (Wildman–Crippen MR) is 105 cm³/mol. The van der Waals surface area contributed by atoms with E-state index in [2.05, 4.69) is 5.32 Å². The van der Waals surface area contributed by atoms with E-state index in [0.29, 0.717) is 28.6 Å². The third-order valence-electron chi connectivity index (χ3n) is 4.62. The van der Waals surface area contributed by atoms with Crippen molar-refractivity contribution in [2.45, 2.75) is 32.7 Å². The van der Waals surface area contributed by atoms with Gasteiger partial charge in [-0.3, -0.25) is 9.59 Å². The number of halogens is 2. The molecule has 0 saturated carbocycles. The molecule has 3 rings (SSSR count). The van der Waals surface area contributed by atoms with Crippen LogP contribution in [0.1, 0.15) is 34.3 Å². The minimum atomic E-state index is -0.488. The van der Waals surface area contributed by atoms with Gasteiger partial charge in [0.05, 0.1) is 10.0 Å². The van der Waals surface area contributed by atoms with Gasteiger partial charge >= 0.3 is 0 Å². The van der Waals surface area contributed by atoms with E-state index < -0.39 is 6.04 Å². The van der Waals surface area contributed by atoms with E-state index >= 15 is 0 Å². The predicted octanol–water partition coefficient (Wildman–Crippen LogP) is 4.85.